The monoisotopic (exact) mass is 263 g/mol. The van der Waals surface area contributed by atoms with E-state index in [0.29, 0.717) is 12.4 Å². The van der Waals surface area contributed by atoms with E-state index in [9.17, 15) is 4.79 Å². The molecule has 1 unspecified atom stereocenters. The molecule has 2 heterocycles. The highest BCUT2D eigenvalue weighted by atomic mass is 16.5. The number of aryl methyl sites for hydroxylation is 2. The third-order valence-corrected chi connectivity index (χ3v) is 2.62. The Morgan fingerprint density at radius 1 is 1.47 bits per heavy atom. The summed E-state index contributed by atoms with van der Waals surface area (Å²) in [6.45, 7) is 6.06. The van der Waals surface area contributed by atoms with E-state index in [4.69, 9.17) is 4.74 Å². The highest BCUT2D eigenvalue weighted by Crippen LogP contribution is 2.05. The second kappa shape index (κ2) is 5.31. The number of nitrogens with zero attached hydrogens (tertiary/aromatic N) is 4. The lowest BCUT2D eigenvalue weighted by Crippen LogP contribution is -2.36. The van der Waals surface area contributed by atoms with E-state index in [0.717, 1.165) is 11.4 Å². The molecule has 0 aromatic carbocycles. The largest absolute Gasteiger partial charge is 0.383 e. The lowest BCUT2D eigenvalue weighted by molar-refractivity contribution is 0.0895. The average molecular weight is 263 g/mol. The van der Waals surface area contributed by atoms with Gasteiger partial charge in [-0.1, -0.05) is 0 Å². The van der Waals surface area contributed by atoms with Crippen LogP contribution in [0.5, 0.6) is 0 Å². The van der Waals surface area contributed by atoms with E-state index in [-0.39, 0.29) is 17.8 Å². The van der Waals surface area contributed by atoms with Crippen LogP contribution in [0.1, 0.15) is 28.9 Å². The van der Waals surface area contributed by atoms with Gasteiger partial charge in [-0.25, -0.2) is 9.50 Å². The van der Waals surface area contributed by atoms with Crippen molar-refractivity contribution in [2.24, 2.45) is 0 Å². The Morgan fingerprint density at radius 3 is 2.89 bits per heavy atom. The van der Waals surface area contributed by atoms with Crippen LogP contribution in [0.25, 0.3) is 5.78 Å². The van der Waals surface area contributed by atoms with Crippen LogP contribution in [0.15, 0.2) is 6.07 Å². The zero-order chi connectivity index (χ0) is 14.0. The second-order valence-corrected chi connectivity index (χ2v) is 4.52. The van der Waals surface area contributed by atoms with Crippen molar-refractivity contribution >= 4 is 11.7 Å². The molecule has 0 spiro atoms. The highest BCUT2D eigenvalue weighted by molar-refractivity contribution is 5.91. The van der Waals surface area contributed by atoms with Gasteiger partial charge in [-0.2, -0.15) is 4.98 Å². The number of fused-ring (bicyclic) bond motifs is 1. The molecule has 1 atom stereocenters. The van der Waals surface area contributed by atoms with E-state index < -0.39 is 0 Å². The van der Waals surface area contributed by atoms with E-state index in [2.05, 4.69) is 20.4 Å². The van der Waals surface area contributed by atoms with Crippen molar-refractivity contribution in [1.29, 1.82) is 0 Å². The average Bonchev–Trinajstić information content (AvgIpc) is 2.73. The molecule has 2 aromatic rings. The molecular weight excluding hydrogens is 246 g/mol. The summed E-state index contributed by atoms with van der Waals surface area (Å²) in [5.41, 5.74) is 1.73. The van der Waals surface area contributed by atoms with Gasteiger partial charge in [0.1, 0.15) is 0 Å². The minimum atomic E-state index is -0.327. The summed E-state index contributed by atoms with van der Waals surface area (Å²) < 4.78 is 6.52. The standard InChI is InChI=1S/C12H17N5O2/c1-7-5-9(3)17-12(14-7)15-10(16-17)11(18)13-8(2)6-19-4/h5,8H,6H2,1-4H3,(H,13,18). The van der Waals surface area contributed by atoms with Crippen molar-refractivity contribution in [2.45, 2.75) is 26.8 Å². The van der Waals surface area contributed by atoms with Gasteiger partial charge in [-0.05, 0) is 26.8 Å². The molecule has 19 heavy (non-hydrogen) atoms. The topological polar surface area (TPSA) is 81.4 Å². The quantitative estimate of drug-likeness (QED) is 0.869. The number of carbonyl (C=O) groups excluding carboxylic acids is 1. The smallest absolute Gasteiger partial charge is 0.291 e. The zero-order valence-corrected chi connectivity index (χ0v) is 11.5. The lowest BCUT2D eigenvalue weighted by atomic mass is 10.3. The maximum atomic E-state index is 12.0. The summed E-state index contributed by atoms with van der Waals surface area (Å²) in [6, 6.07) is 1.79. The molecule has 0 saturated carbocycles. The Hall–Kier alpha value is -2.02. The van der Waals surface area contributed by atoms with Crippen LogP contribution in [-0.4, -0.2) is 45.2 Å². The number of ether oxygens (including phenoxy) is 1. The molecular formula is C12H17N5O2. The normalized spacial score (nSPS) is 12.6. The summed E-state index contributed by atoms with van der Waals surface area (Å²) in [4.78, 5) is 20.3. The van der Waals surface area contributed by atoms with Crippen molar-refractivity contribution in [3.8, 4) is 0 Å². The van der Waals surface area contributed by atoms with Crippen molar-refractivity contribution in [2.75, 3.05) is 13.7 Å². The van der Waals surface area contributed by atoms with Crippen LogP contribution in [0, 0.1) is 13.8 Å². The maximum absolute atomic E-state index is 12.0. The second-order valence-electron chi connectivity index (χ2n) is 4.52. The van der Waals surface area contributed by atoms with Gasteiger partial charge in [0, 0.05) is 24.5 Å². The molecule has 1 N–H and O–H groups in total. The van der Waals surface area contributed by atoms with Gasteiger partial charge in [0.2, 0.25) is 5.82 Å². The third kappa shape index (κ3) is 2.87. The minimum Gasteiger partial charge on any atom is -0.383 e. The fourth-order valence-electron chi connectivity index (χ4n) is 1.84. The van der Waals surface area contributed by atoms with E-state index >= 15 is 0 Å². The van der Waals surface area contributed by atoms with E-state index in [1.165, 1.54) is 0 Å². The third-order valence-electron chi connectivity index (χ3n) is 2.62. The van der Waals surface area contributed by atoms with Crippen LogP contribution in [0.2, 0.25) is 0 Å². The predicted octanol–water partition coefficient (Wildman–Crippen LogP) is 0.506. The molecule has 2 rings (SSSR count). The molecule has 102 valence electrons. The van der Waals surface area contributed by atoms with Crippen molar-refractivity contribution in [1.82, 2.24) is 24.9 Å². The molecule has 0 fully saturated rings. The lowest BCUT2D eigenvalue weighted by Gasteiger charge is -2.10. The number of hydrogen-bond acceptors (Lipinski definition) is 5. The number of carbonyl (C=O) groups is 1. The van der Waals surface area contributed by atoms with Gasteiger partial charge in [0.15, 0.2) is 0 Å². The molecule has 2 aromatic heterocycles. The first-order chi connectivity index (χ1) is 9.01. The van der Waals surface area contributed by atoms with Gasteiger partial charge in [-0.3, -0.25) is 4.79 Å². The summed E-state index contributed by atoms with van der Waals surface area (Å²) >= 11 is 0. The molecule has 0 aliphatic carbocycles. The van der Waals surface area contributed by atoms with Crippen LogP contribution >= 0.6 is 0 Å². The van der Waals surface area contributed by atoms with Gasteiger partial charge >= 0.3 is 0 Å². The van der Waals surface area contributed by atoms with Gasteiger partial charge in [-0.15, -0.1) is 5.10 Å². The Kier molecular flexibility index (Phi) is 3.75. The van der Waals surface area contributed by atoms with Gasteiger partial charge in [0.25, 0.3) is 11.7 Å². The van der Waals surface area contributed by atoms with Crippen molar-refractivity contribution in [3.63, 3.8) is 0 Å². The molecule has 0 aliphatic rings. The highest BCUT2D eigenvalue weighted by Gasteiger charge is 2.16. The first kappa shape index (κ1) is 13.4. The Morgan fingerprint density at radius 2 is 2.21 bits per heavy atom. The summed E-state index contributed by atoms with van der Waals surface area (Å²) in [7, 11) is 1.59. The Bertz CT molecular complexity index is 607. The molecule has 0 bridgehead atoms. The van der Waals surface area contributed by atoms with E-state index in [1.54, 1.807) is 11.6 Å². The first-order valence-corrected chi connectivity index (χ1v) is 6.02. The SMILES string of the molecule is COCC(C)NC(=O)c1nc2nc(C)cc(C)n2n1. The Labute approximate surface area is 111 Å². The van der Waals surface area contributed by atoms with Crippen LogP contribution < -0.4 is 5.32 Å². The number of methoxy groups -OCH3 is 1. The van der Waals surface area contributed by atoms with Crippen LogP contribution in [-0.2, 0) is 4.74 Å². The van der Waals surface area contributed by atoms with Gasteiger partial charge < -0.3 is 10.1 Å². The fourth-order valence-corrected chi connectivity index (χ4v) is 1.84. The number of amides is 1. The fraction of sp³-hybridized carbons (Fsp3) is 0.500. The number of aromatic nitrogens is 4. The molecule has 7 nitrogen and oxygen atoms in total. The van der Waals surface area contributed by atoms with Crippen molar-refractivity contribution < 1.29 is 9.53 Å². The summed E-state index contributed by atoms with van der Waals surface area (Å²) in [5.74, 6) is 0.221. The van der Waals surface area contributed by atoms with E-state index in [1.807, 2.05) is 26.8 Å². The molecule has 0 aliphatic heterocycles. The molecule has 1 amide bonds. The Balaban J connectivity index is 2.26. The number of hydrogen-bond donors (Lipinski definition) is 1. The molecule has 0 saturated heterocycles. The van der Waals surface area contributed by atoms with Crippen LogP contribution in [0.3, 0.4) is 0 Å². The predicted molar refractivity (Wildman–Crippen MR) is 69.1 cm³/mol. The van der Waals surface area contributed by atoms with Crippen LogP contribution in [0.4, 0.5) is 0 Å². The first-order valence-electron chi connectivity index (χ1n) is 6.02. The number of nitrogens with one attached hydrogen (secondary N) is 1. The molecule has 0 radical (unpaired) electrons. The molecule has 7 heteroatoms. The summed E-state index contributed by atoms with van der Waals surface area (Å²) in [6.07, 6.45) is 0. The van der Waals surface area contributed by atoms with Gasteiger partial charge in [0.05, 0.1) is 6.61 Å². The summed E-state index contributed by atoms with van der Waals surface area (Å²) in [5, 5.41) is 6.92. The minimum absolute atomic E-state index is 0.0973. The maximum Gasteiger partial charge on any atom is 0.291 e. The number of rotatable bonds is 4. The van der Waals surface area contributed by atoms with Crippen molar-refractivity contribution in [3.05, 3.63) is 23.3 Å². The zero-order valence-electron chi connectivity index (χ0n) is 11.5.